The average molecular weight is 236 g/mol. The fourth-order valence-electron chi connectivity index (χ4n) is 1.56. The van der Waals surface area contributed by atoms with E-state index in [1.807, 2.05) is 19.1 Å². The molecule has 0 saturated heterocycles. The summed E-state index contributed by atoms with van der Waals surface area (Å²) in [6.45, 7) is 2.41. The van der Waals surface area contributed by atoms with E-state index in [0.717, 1.165) is 10.9 Å². The van der Waals surface area contributed by atoms with Gasteiger partial charge in [-0.3, -0.25) is 0 Å². The number of hydrogen-bond acceptors (Lipinski definition) is 4. The number of rotatable bonds is 3. The van der Waals surface area contributed by atoms with Gasteiger partial charge in [-0.25, -0.2) is 4.79 Å². The molecule has 0 unspecified atom stereocenters. The van der Waals surface area contributed by atoms with Crippen LogP contribution >= 0.6 is 12.6 Å². The molecule has 1 heterocycles. The summed E-state index contributed by atoms with van der Waals surface area (Å²) in [5, 5.41) is 0.929. The van der Waals surface area contributed by atoms with Crippen molar-refractivity contribution >= 4 is 23.6 Å². The van der Waals surface area contributed by atoms with Gasteiger partial charge in [0.05, 0.1) is 6.61 Å². The fourth-order valence-corrected chi connectivity index (χ4v) is 1.65. The zero-order valence-electron chi connectivity index (χ0n) is 8.90. The maximum Gasteiger partial charge on any atom is 0.336 e. The molecule has 2 aromatic rings. The zero-order chi connectivity index (χ0) is 11.5. The van der Waals surface area contributed by atoms with Gasteiger partial charge in [0.1, 0.15) is 11.3 Å². The summed E-state index contributed by atoms with van der Waals surface area (Å²) in [6, 6.07) is 6.96. The number of benzene rings is 1. The Morgan fingerprint density at radius 3 is 2.94 bits per heavy atom. The lowest BCUT2D eigenvalue weighted by atomic mass is 10.1. The standard InChI is InChI=1S/C12H12O3S/c1-8-6-12(13)15-11-7-9(14-4-5-16)2-3-10(8)11/h2-3,6-7,16H,4-5H2,1H3. The van der Waals surface area contributed by atoms with E-state index in [0.29, 0.717) is 23.7 Å². The van der Waals surface area contributed by atoms with Gasteiger partial charge in [-0.05, 0) is 24.6 Å². The van der Waals surface area contributed by atoms with Gasteiger partial charge in [0, 0.05) is 23.3 Å². The van der Waals surface area contributed by atoms with Crippen LogP contribution in [0.25, 0.3) is 11.0 Å². The molecule has 3 nitrogen and oxygen atoms in total. The summed E-state index contributed by atoms with van der Waals surface area (Å²) in [6.07, 6.45) is 0. The highest BCUT2D eigenvalue weighted by Crippen LogP contribution is 2.22. The number of thiol groups is 1. The first-order chi connectivity index (χ1) is 7.70. The van der Waals surface area contributed by atoms with Gasteiger partial charge in [0.2, 0.25) is 0 Å². The molecule has 0 saturated carbocycles. The van der Waals surface area contributed by atoms with E-state index in [1.54, 1.807) is 6.07 Å². The summed E-state index contributed by atoms with van der Waals surface area (Å²) in [4.78, 5) is 11.2. The predicted octanol–water partition coefficient (Wildman–Crippen LogP) is 2.41. The van der Waals surface area contributed by atoms with Crippen molar-refractivity contribution in [2.24, 2.45) is 0 Å². The van der Waals surface area contributed by atoms with E-state index in [9.17, 15) is 4.79 Å². The number of aryl methyl sites for hydroxylation is 1. The van der Waals surface area contributed by atoms with Crippen molar-refractivity contribution in [1.82, 2.24) is 0 Å². The lowest BCUT2D eigenvalue weighted by molar-refractivity contribution is 0.344. The minimum absolute atomic E-state index is 0.337. The highest BCUT2D eigenvalue weighted by Gasteiger charge is 2.03. The molecule has 16 heavy (non-hydrogen) atoms. The van der Waals surface area contributed by atoms with E-state index in [4.69, 9.17) is 9.15 Å². The average Bonchev–Trinajstić information content (AvgIpc) is 2.25. The van der Waals surface area contributed by atoms with E-state index in [2.05, 4.69) is 12.6 Å². The summed E-state index contributed by atoms with van der Waals surface area (Å²) in [5.41, 5.74) is 1.13. The third-order valence-corrected chi connectivity index (χ3v) is 2.47. The third-order valence-electron chi connectivity index (χ3n) is 2.28. The van der Waals surface area contributed by atoms with Crippen LogP contribution < -0.4 is 10.4 Å². The fraction of sp³-hybridized carbons (Fsp3) is 0.250. The van der Waals surface area contributed by atoms with Crippen LogP contribution in [-0.4, -0.2) is 12.4 Å². The minimum atomic E-state index is -0.337. The summed E-state index contributed by atoms with van der Waals surface area (Å²) in [5.74, 6) is 1.34. The monoisotopic (exact) mass is 236 g/mol. The molecule has 0 bridgehead atoms. The minimum Gasteiger partial charge on any atom is -0.493 e. The van der Waals surface area contributed by atoms with Crippen LogP contribution in [0, 0.1) is 6.92 Å². The molecule has 1 aromatic carbocycles. The molecular formula is C12H12O3S. The first-order valence-corrected chi connectivity index (χ1v) is 5.62. The number of ether oxygens (including phenoxy) is 1. The van der Waals surface area contributed by atoms with Gasteiger partial charge >= 0.3 is 5.63 Å². The van der Waals surface area contributed by atoms with Gasteiger partial charge < -0.3 is 9.15 Å². The smallest absolute Gasteiger partial charge is 0.336 e. The number of fused-ring (bicyclic) bond motifs is 1. The summed E-state index contributed by atoms with van der Waals surface area (Å²) in [7, 11) is 0. The third kappa shape index (κ3) is 2.22. The second kappa shape index (κ2) is 4.61. The van der Waals surface area contributed by atoms with Crippen molar-refractivity contribution < 1.29 is 9.15 Å². The maximum absolute atomic E-state index is 11.2. The van der Waals surface area contributed by atoms with Gasteiger partial charge in [-0.15, -0.1) is 0 Å². The molecule has 1 aromatic heterocycles. The molecule has 0 amide bonds. The molecule has 0 fully saturated rings. The van der Waals surface area contributed by atoms with E-state index < -0.39 is 0 Å². The van der Waals surface area contributed by atoms with Crippen molar-refractivity contribution in [1.29, 1.82) is 0 Å². The van der Waals surface area contributed by atoms with Crippen LogP contribution in [0.3, 0.4) is 0 Å². The first kappa shape index (κ1) is 11.1. The molecule has 4 heteroatoms. The molecule has 2 rings (SSSR count). The Labute approximate surface area is 98.4 Å². The second-order valence-electron chi connectivity index (χ2n) is 3.48. The van der Waals surface area contributed by atoms with Gasteiger partial charge in [-0.1, -0.05) is 0 Å². The van der Waals surface area contributed by atoms with Crippen LogP contribution in [0.2, 0.25) is 0 Å². The van der Waals surface area contributed by atoms with Crippen LogP contribution in [0.1, 0.15) is 5.56 Å². The molecule has 0 spiro atoms. The molecule has 0 aliphatic rings. The molecule has 84 valence electrons. The Bertz CT molecular complexity index is 560. The lowest BCUT2D eigenvalue weighted by Gasteiger charge is -2.05. The predicted molar refractivity (Wildman–Crippen MR) is 66.6 cm³/mol. The highest BCUT2D eigenvalue weighted by molar-refractivity contribution is 7.80. The van der Waals surface area contributed by atoms with E-state index >= 15 is 0 Å². The van der Waals surface area contributed by atoms with Crippen molar-refractivity contribution in [3.05, 3.63) is 40.2 Å². The zero-order valence-corrected chi connectivity index (χ0v) is 9.79. The quantitative estimate of drug-likeness (QED) is 0.657. The van der Waals surface area contributed by atoms with Crippen molar-refractivity contribution in [3.63, 3.8) is 0 Å². The van der Waals surface area contributed by atoms with Crippen LogP contribution in [0.15, 0.2) is 33.5 Å². The van der Waals surface area contributed by atoms with E-state index in [-0.39, 0.29) is 5.63 Å². The maximum atomic E-state index is 11.2. The van der Waals surface area contributed by atoms with Gasteiger partial charge in [-0.2, -0.15) is 12.6 Å². The molecule has 0 aliphatic carbocycles. The SMILES string of the molecule is Cc1cc(=O)oc2cc(OCCS)ccc12. The summed E-state index contributed by atoms with van der Waals surface area (Å²) >= 11 is 4.06. The second-order valence-corrected chi connectivity index (χ2v) is 3.93. The Morgan fingerprint density at radius 2 is 2.19 bits per heavy atom. The first-order valence-electron chi connectivity index (χ1n) is 4.99. The Morgan fingerprint density at radius 1 is 1.38 bits per heavy atom. The Hall–Kier alpha value is -1.42. The van der Waals surface area contributed by atoms with Crippen molar-refractivity contribution in [2.75, 3.05) is 12.4 Å². The molecule has 0 N–H and O–H groups in total. The lowest BCUT2D eigenvalue weighted by Crippen LogP contribution is -2.00. The Kier molecular flexibility index (Phi) is 3.19. The van der Waals surface area contributed by atoms with Gasteiger partial charge in [0.15, 0.2) is 0 Å². The van der Waals surface area contributed by atoms with Crippen LogP contribution in [0.5, 0.6) is 5.75 Å². The van der Waals surface area contributed by atoms with E-state index in [1.165, 1.54) is 6.07 Å². The number of hydrogen-bond donors (Lipinski definition) is 1. The van der Waals surface area contributed by atoms with Crippen LogP contribution in [0.4, 0.5) is 0 Å². The molecular weight excluding hydrogens is 224 g/mol. The molecule has 0 atom stereocenters. The summed E-state index contributed by atoms with van der Waals surface area (Å²) < 4.78 is 10.5. The molecule has 0 aliphatic heterocycles. The van der Waals surface area contributed by atoms with Crippen LogP contribution in [-0.2, 0) is 0 Å². The Balaban J connectivity index is 2.49. The van der Waals surface area contributed by atoms with Crippen molar-refractivity contribution in [3.8, 4) is 5.75 Å². The normalized spacial score (nSPS) is 10.6. The topological polar surface area (TPSA) is 39.4 Å². The van der Waals surface area contributed by atoms with Gasteiger partial charge in [0.25, 0.3) is 0 Å². The largest absolute Gasteiger partial charge is 0.493 e. The molecule has 0 radical (unpaired) electrons. The van der Waals surface area contributed by atoms with Crippen molar-refractivity contribution in [2.45, 2.75) is 6.92 Å². The highest BCUT2D eigenvalue weighted by atomic mass is 32.1.